The molecule has 2 fully saturated rings. The fraction of sp³-hybridized carbons (Fsp3) is 0.750. The molecule has 2 aliphatic carbocycles. The van der Waals surface area contributed by atoms with Crippen molar-refractivity contribution in [1.29, 1.82) is 0 Å². The normalized spacial score (nSPS) is 27.3. The molecule has 5 heteroatoms. The zero-order valence-corrected chi connectivity index (χ0v) is 13.6. The summed E-state index contributed by atoms with van der Waals surface area (Å²) in [5.41, 5.74) is 0.933. The Kier molecular flexibility index (Phi) is 4.25. The second-order valence-electron chi connectivity index (χ2n) is 6.64. The second kappa shape index (κ2) is 5.99. The van der Waals surface area contributed by atoms with E-state index in [-0.39, 0.29) is 5.91 Å². The molecule has 2 saturated carbocycles. The third-order valence-corrected chi connectivity index (χ3v) is 5.65. The Morgan fingerprint density at radius 3 is 2.90 bits per heavy atom. The summed E-state index contributed by atoms with van der Waals surface area (Å²) >= 11 is 6.17. The van der Waals surface area contributed by atoms with E-state index in [4.69, 9.17) is 11.6 Å². The Bertz CT molecular complexity index is 528. The summed E-state index contributed by atoms with van der Waals surface area (Å²) in [5, 5.41) is 4.88. The predicted molar refractivity (Wildman–Crippen MR) is 82.9 cm³/mol. The van der Waals surface area contributed by atoms with Crippen LogP contribution >= 0.6 is 11.6 Å². The minimum Gasteiger partial charge on any atom is -0.340 e. The number of halogens is 1. The summed E-state index contributed by atoms with van der Waals surface area (Å²) in [5.74, 6) is 2.56. The third kappa shape index (κ3) is 2.96. The highest BCUT2D eigenvalue weighted by atomic mass is 35.5. The number of hydrogen-bond acceptors (Lipinski definition) is 2. The van der Waals surface area contributed by atoms with E-state index in [0.717, 1.165) is 24.1 Å². The average molecular weight is 310 g/mol. The topological polar surface area (TPSA) is 38.1 Å². The van der Waals surface area contributed by atoms with Crippen molar-refractivity contribution in [3.05, 3.63) is 16.9 Å². The smallest absolute Gasteiger partial charge is 0.222 e. The first-order chi connectivity index (χ1) is 10.1. The fourth-order valence-corrected chi connectivity index (χ4v) is 4.34. The van der Waals surface area contributed by atoms with E-state index in [2.05, 4.69) is 5.10 Å². The molecule has 3 unspecified atom stereocenters. The lowest BCUT2D eigenvalue weighted by atomic mass is 9.86. The number of aromatic nitrogens is 2. The number of amides is 1. The molecule has 2 aliphatic rings. The lowest BCUT2D eigenvalue weighted by Gasteiger charge is -2.24. The highest BCUT2D eigenvalue weighted by molar-refractivity contribution is 6.31. The summed E-state index contributed by atoms with van der Waals surface area (Å²) in [4.78, 5) is 14.3. The van der Waals surface area contributed by atoms with E-state index in [0.29, 0.717) is 23.9 Å². The molecule has 2 bridgehead atoms. The maximum atomic E-state index is 12.5. The summed E-state index contributed by atoms with van der Waals surface area (Å²) in [6, 6.07) is 0. The van der Waals surface area contributed by atoms with Gasteiger partial charge in [-0.05, 0) is 43.9 Å². The molecule has 1 aromatic rings. The molecule has 1 aromatic heterocycles. The Balaban J connectivity index is 1.58. The SMILES string of the molecule is CCn1ncc(Cl)c1CN(C)C(=O)CC1CC2CCC1C2. The van der Waals surface area contributed by atoms with Crippen molar-refractivity contribution in [3.8, 4) is 0 Å². The molecule has 0 N–H and O–H groups in total. The van der Waals surface area contributed by atoms with Gasteiger partial charge in [0.25, 0.3) is 0 Å². The van der Waals surface area contributed by atoms with E-state index in [9.17, 15) is 4.79 Å². The van der Waals surface area contributed by atoms with Gasteiger partial charge in [-0.15, -0.1) is 0 Å². The quantitative estimate of drug-likeness (QED) is 0.836. The molecule has 0 radical (unpaired) electrons. The van der Waals surface area contributed by atoms with Gasteiger partial charge in [0.2, 0.25) is 5.91 Å². The van der Waals surface area contributed by atoms with E-state index in [1.54, 1.807) is 11.1 Å². The van der Waals surface area contributed by atoms with Gasteiger partial charge in [-0.1, -0.05) is 18.0 Å². The Morgan fingerprint density at radius 1 is 1.48 bits per heavy atom. The van der Waals surface area contributed by atoms with Gasteiger partial charge < -0.3 is 4.90 Å². The first-order valence-corrected chi connectivity index (χ1v) is 8.40. The van der Waals surface area contributed by atoms with Crippen LogP contribution in [0.1, 0.15) is 44.7 Å². The van der Waals surface area contributed by atoms with E-state index in [1.807, 2.05) is 18.7 Å². The number of rotatable bonds is 5. The van der Waals surface area contributed by atoms with Gasteiger partial charge >= 0.3 is 0 Å². The summed E-state index contributed by atoms with van der Waals surface area (Å²) in [7, 11) is 1.87. The van der Waals surface area contributed by atoms with Crippen LogP contribution in [0.5, 0.6) is 0 Å². The summed E-state index contributed by atoms with van der Waals surface area (Å²) < 4.78 is 1.86. The zero-order chi connectivity index (χ0) is 15.0. The van der Waals surface area contributed by atoms with Crippen LogP contribution in [0.25, 0.3) is 0 Å². The second-order valence-corrected chi connectivity index (χ2v) is 7.05. The number of fused-ring (bicyclic) bond motifs is 2. The zero-order valence-electron chi connectivity index (χ0n) is 12.9. The molecule has 4 nitrogen and oxygen atoms in total. The van der Waals surface area contributed by atoms with Gasteiger partial charge in [0, 0.05) is 20.0 Å². The molecule has 1 heterocycles. The van der Waals surface area contributed by atoms with E-state index >= 15 is 0 Å². The molecular weight excluding hydrogens is 286 g/mol. The van der Waals surface area contributed by atoms with Crippen molar-refractivity contribution in [2.24, 2.45) is 17.8 Å². The largest absolute Gasteiger partial charge is 0.340 e. The monoisotopic (exact) mass is 309 g/mol. The number of carbonyl (C=O) groups is 1. The van der Waals surface area contributed by atoms with E-state index in [1.165, 1.54) is 25.7 Å². The average Bonchev–Trinajstić information content (AvgIpc) is 3.16. The highest BCUT2D eigenvalue weighted by Gasteiger charge is 2.40. The van der Waals surface area contributed by atoms with Crippen molar-refractivity contribution in [2.45, 2.75) is 52.1 Å². The van der Waals surface area contributed by atoms with Gasteiger partial charge in [-0.3, -0.25) is 9.48 Å². The van der Waals surface area contributed by atoms with Crippen molar-refractivity contribution in [1.82, 2.24) is 14.7 Å². The van der Waals surface area contributed by atoms with Gasteiger partial charge in [0.15, 0.2) is 0 Å². The van der Waals surface area contributed by atoms with Crippen LogP contribution in [0, 0.1) is 17.8 Å². The van der Waals surface area contributed by atoms with Gasteiger partial charge in [-0.2, -0.15) is 5.10 Å². The molecule has 0 aromatic carbocycles. The minimum atomic E-state index is 0.243. The molecular formula is C16H24ClN3O. The van der Waals surface area contributed by atoms with Crippen LogP contribution in [0.4, 0.5) is 0 Å². The van der Waals surface area contributed by atoms with Crippen LogP contribution in [-0.2, 0) is 17.9 Å². The number of hydrogen-bond donors (Lipinski definition) is 0. The van der Waals surface area contributed by atoms with Crippen molar-refractivity contribution >= 4 is 17.5 Å². The van der Waals surface area contributed by atoms with Gasteiger partial charge in [0.1, 0.15) is 0 Å². The molecule has 0 aliphatic heterocycles. The summed E-state index contributed by atoms with van der Waals surface area (Å²) in [6.45, 7) is 3.35. The van der Waals surface area contributed by atoms with Gasteiger partial charge in [0.05, 0.1) is 23.5 Å². The third-order valence-electron chi connectivity index (χ3n) is 5.33. The molecule has 0 spiro atoms. The van der Waals surface area contributed by atoms with Crippen LogP contribution in [0.15, 0.2) is 6.20 Å². The molecule has 1 amide bonds. The number of nitrogens with zero attached hydrogens (tertiary/aromatic N) is 3. The summed E-state index contributed by atoms with van der Waals surface area (Å²) in [6.07, 6.45) is 7.70. The maximum absolute atomic E-state index is 12.5. The van der Waals surface area contributed by atoms with Crippen molar-refractivity contribution in [3.63, 3.8) is 0 Å². The Hall–Kier alpha value is -1.03. The van der Waals surface area contributed by atoms with Gasteiger partial charge in [-0.25, -0.2) is 0 Å². The minimum absolute atomic E-state index is 0.243. The molecule has 21 heavy (non-hydrogen) atoms. The molecule has 3 atom stereocenters. The highest BCUT2D eigenvalue weighted by Crippen LogP contribution is 2.49. The van der Waals surface area contributed by atoms with Crippen LogP contribution in [0.3, 0.4) is 0 Å². The maximum Gasteiger partial charge on any atom is 0.222 e. The Morgan fingerprint density at radius 2 is 2.29 bits per heavy atom. The fourth-order valence-electron chi connectivity index (χ4n) is 4.14. The number of carbonyl (C=O) groups excluding carboxylic acids is 1. The van der Waals surface area contributed by atoms with Crippen LogP contribution < -0.4 is 0 Å². The molecule has 116 valence electrons. The lowest BCUT2D eigenvalue weighted by Crippen LogP contribution is -2.30. The van der Waals surface area contributed by atoms with Crippen LogP contribution in [0.2, 0.25) is 5.02 Å². The molecule has 0 saturated heterocycles. The Labute approximate surface area is 131 Å². The van der Waals surface area contributed by atoms with E-state index < -0.39 is 0 Å². The standard InChI is InChI=1S/C16H24ClN3O/c1-3-20-15(14(17)9-18-20)10-19(2)16(21)8-13-7-11-4-5-12(13)6-11/h9,11-13H,3-8,10H2,1-2H3. The first-order valence-electron chi connectivity index (χ1n) is 8.02. The first kappa shape index (κ1) is 14.9. The van der Waals surface area contributed by atoms with Crippen molar-refractivity contribution < 1.29 is 4.79 Å². The van der Waals surface area contributed by atoms with Crippen LogP contribution in [-0.4, -0.2) is 27.6 Å². The van der Waals surface area contributed by atoms with Crippen molar-refractivity contribution in [2.75, 3.05) is 7.05 Å². The number of aryl methyl sites for hydroxylation is 1. The lowest BCUT2D eigenvalue weighted by molar-refractivity contribution is -0.131. The molecule has 3 rings (SSSR count). The predicted octanol–water partition coefficient (Wildman–Crippen LogP) is 3.34.